The minimum Gasteiger partial charge on any atom is -0.497 e. The van der Waals surface area contributed by atoms with Gasteiger partial charge < -0.3 is 14.8 Å². The zero-order valence-corrected chi connectivity index (χ0v) is 15.4. The van der Waals surface area contributed by atoms with Crippen LogP contribution in [-0.4, -0.2) is 32.0 Å². The van der Waals surface area contributed by atoms with Gasteiger partial charge in [0.2, 0.25) is 0 Å². The summed E-state index contributed by atoms with van der Waals surface area (Å²) in [5, 5.41) is 3.35. The third-order valence-electron chi connectivity index (χ3n) is 4.18. The molecule has 25 heavy (non-hydrogen) atoms. The summed E-state index contributed by atoms with van der Waals surface area (Å²) in [6, 6.07) is 13.2. The van der Waals surface area contributed by atoms with E-state index in [1.807, 2.05) is 30.0 Å². The highest BCUT2D eigenvalue weighted by Gasteiger charge is 2.28. The van der Waals surface area contributed by atoms with Crippen molar-refractivity contribution in [2.45, 2.75) is 23.5 Å². The van der Waals surface area contributed by atoms with E-state index in [1.54, 1.807) is 37.3 Å². The maximum Gasteiger partial charge on any atom is 0.326 e. The number of ether oxygens (including phenoxy) is 2. The lowest BCUT2D eigenvalue weighted by atomic mass is 10.2. The molecule has 1 N–H and O–H groups in total. The zero-order valence-electron chi connectivity index (χ0n) is 14.6. The van der Waals surface area contributed by atoms with Crippen molar-refractivity contribution in [3.8, 4) is 11.5 Å². The summed E-state index contributed by atoms with van der Waals surface area (Å²) in [6.45, 7) is 2.82. The Morgan fingerprint density at radius 3 is 2.76 bits per heavy atom. The Balaban J connectivity index is 1.88. The van der Waals surface area contributed by atoms with Crippen LogP contribution in [0.5, 0.6) is 11.5 Å². The lowest BCUT2D eigenvalue weighted by Crippen LogP contribution is -2.41. The van der Waals surface area contributed by atoms with E-state index in [9.17, 15) is 4.79 Å². The summed E-state index contributed by atoms with van der Waals surface area (Å²) in [7, 11) is 3.18. The summed E-state index contributed by atoms with van der Waals surface area (Å²) < 4.78 is 10.6. The highest BCUT2D eigenvalue weighted by atomic mass is 32.2. The Morgan fingerprint density at radius 2 is 2.04 bits per heavy atom. The second kappa shape index (κ2) is 7.70. The topological polar surface area (TPSA) is 50.8 Å². The van der Waals surface area contributed by atoms with Crippen LogP contribution in [0.4, 0.5) is 16.2 Å². The Bertz CT molecular complexity index is 766. The molecule has 0 unspecified atom stereocenters. The molecule has 0 aromatic heterocycles. The first-order valence-electron chi connectivity index (χ1n) is 8.22. The van der Waals surface area contributed by atoms with Gasteiger partial charge in [-0.1, -0.05) is 19.1 Å². The van der Waals surface area contributed by atoms with Gasteiger partial charge in [-0.3, -0.25) is 4.90 Å². The number of benzene rings is 2. The van der Waals surface area contributed by atoms with E-state index in [-0.39, 0.29) is 6.03 Å². The molecule has 1 aliphatic heterocycles. The van der Waals surface area contributed by atoms with Gasteiger partial charge >= 0.3 is 6.03 Å². The molecule has 0 saturated heterocycles. The predicted octanol–water partition coefficient (Wildman–Crippen LogP) is 4.63. The van der Waals surface area contributed by atoms with Crippen LogP contribution in [0.1, 0.15) is 13.3 Å². The Hall–Kier alpha value is -2.34. The van der Waals surface area contributed by atoms with Gasteiger partial charge in [0, 0.05) is 22.8 Å². The van der Waals surface area contributed by atoms with Crippen molar-refractivity contribution in [1.82, 2.24) is 0 Å². The normalized spacial score (nSPS) is 16.1. The fraction of sp³-hybridized carbons (Fsp3) is 0.316. The number of carbonyl (C=O) groups excluding carboxylic acids is 1. The number of amides is 2. The number of methoxy groups -OCH3 is 2. The third-order valence-corrected chi connectivity index (χ3v) is 5.60. The molecule has 6 heteroatoms. The summed E-state index contributed by atoms with van der Waals surface area (Å²) >= 11 is 1.83. The van der Waals surface area contributed by atoms with Crippen LogP contribution in [-0.2, 0) is 0 Å². The average molecular weight is 358 g/mol. The first-order valence-corrected chi connectivity index (χ1v) is 9.10. The summed E-state index contributed by atoms with van der Waals surface area (Å²) in [5.74, 6) is 1.26. The summed E-state index contributed by atoms with van der Waals surface area (Å²) in [4.78, 5) is 15.9. The maximum absolute atomic E-state index is 13.0. The number of carbonyl (C=O) groups is 1. The van der Waals surface area contributed by atoms with Crippen molar-refractivity contribution in [3.63, 3.8) is 0 Å². The van der Waals surface area contributed by atoms with Crippen molar-refractivity contribution >= 4 is 29.2 Å². The van der Waals surface area contributed by atoms with Gasteiger partial charge in [-0.25, -0.2) is 4.79 Å². The molecule has 0 fully saturated rings. The second-order valence-electron chi connectivity index (χ2n) is 5.72. The maximum atomic E-state index is 13.0. The standard InChI is InChI=1S/C19H22N2O3S/c1-4-14-12-21(16-7-5-6-8-18(16)25-14)19(22)20-15-11-13(23-2)9-10-17(15)24-3/h5-11,14H,4,12H2,1-3H3,(H,20,22)/t14-/m0/s1. The number of hydrogen-bond acceptors (Lipinski definition) is 4. The predicted molar refractivity (Wildman–Crippen MR) is 102 cm³/mol. The van der Waals surface area contributed by atoms with Crippen molar-refractivity contribution in [2.24, 2.45) is 0 Å². The summed E-state index contributed by atoms with van der Waals surface area (Å²) in [6.07, 6.45) is 1.01. The lowest BCUT2D eigenvalue weighted by molar-refractivity contribution is 0.256. The van der Waals surface area contributed by atoms with Crippen molar-refractivity contribution in [1.29, 1.82) is 0 Å². The van der Waals surface area contributed by atoms with Crippen LogP contribution in [0.3, 0.4) is 0 Å². The van der Waals surface area contributed by atoms with Gasteiger partial charge in [-0.05, 0) is 30.7 Å². The van der Waals surface area contributed by atoms with E-state index in [2.05, 4.69) is 18.3 Å². The molecule has 5 nitrogen and oxygen atoms in total. The fourth-order valence-electron chi connectivity index (χ4n) is 2.80. The monoisotopic (exact) mass is 358 g/mol. The first kappa shape index (κ1) is 17.5. The number of hydrogen-bond donors (Lipinski definition) is 1. The molecule has 3 rings (SSSR count). The zero-order chi connectivity index (χ0) is 17.8. The Kier molecular flexibility index (Phi) is 5.38. The smallest absolute Gasteiger partial charge is 0.326 e. The Morgan fingerprint density at radius 1 is 1.24 bits per heavy atom. The van der Waals surface area contributed by atoms with Crippen LogP contribution in [0.25, 0.3) is 0 Å². The van der Waals surface area contributed by atoms with Crippen LogP contribution in [0.15, 0.2) is 47.4 Å². The molecule has 1 heterocycles. The molecule has 2 amide bonds. The largest absolute Gasteiger partial charge is 0.497 e. The van der Waals surface area contributed by atoms with Crippen LogP contribution < -0.4 is 19.7 Å². The van der Waals surface area contributed by atoms with Crippen molar-refractivity contribution in [2.75, 3.05) is 31.0 Å². The number of para-hydroxylation sites is 1. The van der Waals surface area contributed by atoms with Crippen LogP contribution in [0, 0.1) is 0 Å². The highest BCUT2D eigenvalue weighted by molar-refractivity contribution is 8.00. The van der Waals surface area contributed by atoms with E-state index >= 15 is 0 Å². The van der Waals surface area contributed by atoms with Crippen molar-refractivity contribution < 1.29 is 14.3 Å². The molecule has 0 radical (unpaired) electrons. The molecule has 0 spiro atoms. The van der Waals surface area contributed by atoms with Gasteiger partial charge in [-0.2, -0.15) is 0 Å². The molecule has 0 saturated carbocycles. The molecule has 1 atom stereocenters. The number of thioether (sulfide) groups is 1. The SMILES string of the molecule is CC[C@H]1CN(C(=O)Nc2cc(OC)ccc2OC)c2ccccc2S1. The number of urea groups is 1. The molecule has 0 bridgehead atoms. The van der Waals surface area contributed by atoms with E-state index in [0.717, 1.165) is 17.0 Å². The minimum atomic E-state index is -0.169. The highest BCUT2D eigenvalue weighted by Crippen LogP contribution is 2.40. The molecular weight excluding hydrogens is 336 g/mol. The molecule has 2 aromatic rings. The average Bonchev–Trinajstić information content (AvgIpc) is 2.66. The van der Waals surface area contributed by atoms with Crippen LogP contribution in [0.2, 0.25) is 0 Å². The number of anilines is 2. The lowest BCUT2D eigenvalue weighted by Gasteiger charge is -2.33. The molecule has 0 aliphatic carbocycles. The quantitative estimate of drug-likeness (QED) is 0.866. The van der Waals surface area contributed by atoms with Crippen LogP contribution >= 0.6 is 11.8 Å². The molecule has 2 aromatic carbocycles. The molecule has 132 valence electrons. The number of nitrogens with one attached hydrogen (secondary N) is 1. The molecule has 1 aliphatic rings. The van der Waals surface area contributed by atoms with Gasteiger partial charge in [0.25, 0.3) is 0 Å². The summed E-state index contributed by atoms with van der Waals surface area (Å²) in [5.41, 5.74) is 1.53. The van der Waals surface area contributed by atoms with E-state index in [1.165, 1.54) is 0 Å². The first-order chi connectivity index (χ1) is 12.2. The second-order valence-corrected chi connectivity index (χ2v) is 7.06. The minimum absolute atomic E-state index is 0.169. The van der Waals surface area contributed by atoms with E-state index in [4.69, 9.17) is 9.47 Å². The number of fused-ring (bicyclic) bond motifs is 1. The van der Waals surface area contributed by atoms with E-state index < -0.39 is 0 Å². The van der Waals surface area contributed by atoms with Gasteiger partial charge in [0.1, 0.15) is 11.5 Å². The van der Waals surface area contributed by atoms with Gasteiger partial charge in [-0.15, -0.1) is 11.8 Å². The van der Waals surface area contributed by atoms with Gasteiger partial charge in [0.15, 0.2) is 0 Å². The number of nitrogens with zero attached hydrogens (tertiary/aromatic N) is 1. The molecular formula is C19H22N2O3S. The van der Waals surface area contributed by atoms with Gasteiger partial charge in [0.05, 0.1) is 25.6 Å². The van der Waals surface area contributed by atoms with E-state index in [0.29, 0.717) is 29.0 Å². The Labute approximate surface area is 152 Å². The number of rotatable bonds is 4. The fourth-order valence-corrected chi connectivity index (χ4v) is 4.00. The third kappa shape index (κ3) is 3.69. The van der Waals surface area contributed by atoms with Crippen molar-refractivity contribution in [3.05, 3.63) is 42.5 Å².